The molecule has 0 bridgehead atoms. The molecule has 2 fully saturated rings. The van der Waals surface area contributed by atoms with Gasteiger partial charge in [0.25, 0.3) is 5.91 Å². The molecule has 2 aliphatic rings. The molecule has 2 heterocycles. The Kier molecular flexibility index (Phi) is 3.88. The lowest BCUT2D eigenvalue weighted by atomic mass is 10.1. The third-order valence-corrected chi connectivity index (χ3v) is 4.13. The van der Waals surface area contributed by atoms with Gasteiger partial charge in [0.1, 0.15) is 5.82 Å². The van der Waals surface area contributed by atoms with E-state index in [0.717, 1.165) is 25.9 Å². The Morgan fingerprint density at radius 1 is 1.14 bits per heavy atom. The number of nitrogens with zero attached hydrogens (tertiary/aromatic N) is 2. The first kappa shape index (κ1) is 14.0. The van der Waals surface area contributed by atoms with E-state index in [9.17, 15) is 14.0 Å². The van der Waals surface area contributed by atoms with Crippen LogP contribution >= 0.6 is 0 Å². The van der Waals surface area contributed by atoms with Gasteiger partial charge in [0, 0.05) is 24.7 Å². The van der Waals surface area contributed by atoms with Crippen LogP contribution in [0.2, 0.25) is 0 Å². The molecule has 0 spiro atoms. The fourth-order valence-corrected chi connectivity index (χ4v) is 2.95. The van der Waals surface area contributed by atoms with E-state index in [1.54, 1.807) is 4.90 Å². The molecular weight excluding hydrogens is 273 g/mol. The Labute approximate surface area is 122 Å². The summed E-state index contributed by atoms with van der Waals surface area (Å²) in [6.07, 6.45) is 1.84. The number of nitrogens with one attached hydrogen (secondary N) is 1. The van der Waals surface area contributed by atoms with Gasteiger partial charge in [0.2, 0.25) is 0 Å². The molecule has 1 aromatic carbocycles. The van der Waals surface area contributed by atoms with Crippen molar-refractivity contribution in [2.45, 2.75) is 18.9 Å². The number of piperidine rings is 1. The van der Waals surface area contributed by atoms with E-state index in [4.69, 9.17) is 0 Å². The smallest absolute Gasteiger partial charge is 0.319 e. The number of amides is 3. The van der Waals surface area contributed by atoms with Gasteiger partial charge in [0.05, 0.1) is 0 Å². The van der Waals surface area contributed by atoms with Crippen molar-refractivity contribution in [3.8, 4) is 0 Å². The van der Waals surface area contributed by atoms with E-state index < -0.39 is 5.82 Å². The zero-order valence-electron chi connectivity index (χ0n) is 11.7. The molecule has 1 aromatic rings. The minimum atomic E-state index is -0.393. The standard InChI is InChI=1S/C15H18FN3O2/c16-12-3-1-11(2-4-12)14(20)19-10-9-18(15(19)21)13-5-7-17-8-6-13/h1-4,13,17H,5-10H2. The predicted octanol–water partition coefficient (Wildman–Crippen LogP) is 1.46. The van der Waals surface area contributed by atoms with Gasteiger partial charge in [-0.2, -0.15) is 0 Å². The highest BCUT2D eigenvalue weighted by Crippen LogP contribution is 2.20. The Morgan fingerprint density at radius 2 is 1.81 bits per heavy atom. The summed E-state index contributed by atoms with van der Waals surface area (Å²) in [6, 6.07) is 5.29. The number of urea groups is 1. The molecule has 21 heavy (non-hydrogen) atoms. The Bertz CT molecular complexity index is 540. The van der Waals surface area contributed by atoms with Crippen LogP contribution in [0.5, 0.6) is 0 Å². The van der Waals surface area contributed by atoms with Crippen LogP contribution < -0.4 is 5.32 Å². The molecule has 3 amide bonds. The van der Waals surface area contributed by atoms with Gasteiger partial charge in [-0.15, -0.1) is 0 Å². The molecule has 0 unspecified atom stereocenters. The van der Waals surface area contributed by atoms with Gasteiger partial charge in [-0.25, -0.2) is 9.18 Å². The number of hydrogen-bond acceptors (Lipinski definition) is 3. The molecule has 1 N–H and O–H groups in total. The molecule has 6 heteroatoms. The van der Waals surface area contributed by atoms with Crippen LogP contribution in [-0.4, -0.2) is 54.0 Å². The average molecular weight is 291 g/mol. The highest BCUT2D eigenvalue weighted by molar-refractivity contribution is 6.05. The van der Waals surface area contributed by atoms with Gasteiger partial charge >= 0.3 is 6.03 Å². The number of hydrogen-bond donors (Lipinski definition) is 1. The van der Waals surface area contributed by atoms with Crippen molar-refractivity contribution in [2.75, 3.05) is 26.2 Å². The van der Waals surface area contributed by atoms with Crippen LogP contribution in [0.15, 0.2) is 24.3 Å². The summed E-state index contributed by atoms with van der Waals surface area (Å²) in [4.78, 5) is 27.8. The van der Waals surface area contributed by atoms with Gasteiger partial charge in [0.15, 0.2) is 0 Å². The van der Waals surface area contributed by atoms with E-state index in [-0.39, 0.29) is 18.0 Å². The van der Waals surface area contributed by atoms with Crippen molar-refractivity contribution in [1.29, 1.82) is 0 Å². The normalized spacial score (nSPS) is 20.1. The van der Waals surface area contributed by atoms with Crippen LogP contribution in [0.3, 0.4) is 0 Å². The Morgan fingerprint density at radius 3 is 2.48 bits per heavy atom. The molecule has 0 aromatic heterocycles. The maximum absolute atomic E-state index is 12.9. The molecule has 0 radical (unpaired) electrons. The van der Waals surface area contributed by atoms with Crippen molar-refractivity contribution < 1.29 is 14.0 Å². The maximum atomic E-state index is 12.9. The summed E-state index contributed by atoms with van der Waals surface area (Å²) in [5.74, 6) is -0.743. The van der Waals surface area contributed by atoms with Crippen molar-refractivity contribution >= 4 is 11.9 Å². The minimum absolute atomic E-state index is 0.213. The van der Waals surface area contributed by atoms with Crippen molar-refractivity contribution in [2.24, 2.45) is 0 Å². The molecule has 5 nitrogen and oxygen atoms in total. The summed E-state index contributed by atoms with van der Waals surface area (Å²) < 4.78 is 12.9. The monoisotopic (exact) mass is 291 g/mol. The zero-order chi connectivity index (χ0) is 14.8. The fraction of sp³-hybridized carbons (Fsp3) is 0.467. The summed E-state index contributed by atoms with van der Waals surface area (Å²) >= 11 is 0. The Balaban J connectivity index is 1.70. The van der Waals surface area contributed by atoms with Gasteiger partial charge < -0.3 is 10.2 Å². The van der Waals surface area contributed by atoms with Crippen LogP contribution in [0.4, 0.5) is 9.18 Å². The molecule has 0 saturated carbocycles. The highest BCUT2D eigenvalue weighted by Gasteiger charge is 2.37. The van der Waals surface area contributed by atoms with Crippen molar-refractivity contribution in [3.63, 3.8) is 0 Å². The first-order chi connectivity index (χ1) is 10.2. The van der Waals surface area contributed by atoms with Crippen LogP contribution in [0, 0.1) is 5.82 Å². The summed E-state index contributed by atoms with van der Waals surface area (Å²) in [5.41, 5.74) is 0.344. The minimum Gasteiger partial charge on any atom is -0.319 e. The number of halogens is 1. The second kappa shape index (κ2) is 5.81. The number of benzene rings is 1. The first-order valence-electron chi connectivity index (χ1n) is 7.25. The Hall–Kier alpha value is -1.95. The quantitative estimate of drug-likeness (QED) is 0.897. The number of carbonyl (C=O) groups excluding carboxylic acids is 2. The molecule has 2 aliphatic heterocycles. The largest absolute Gasteiger partial charge is 0.327 e. The van der Waals surface area contributed by atoms with Crippen LogP contribution in [0.1, 0.15) is 23.2 Å². The van der Waals surface area contributed by atoms with E-state index in [0.29, 0.717) is 18.7 Å². The third-order valence-electron chi connectivity index (χ3n) is 4.13. The summed E-state index contributed by atoms with van der Waals surface area (Å²) in [6.45, 7) is 2.79. The third kappa shape index (κ3) is 2.76. The molecular formula is C15H18FN3O2. The predicted molar refractivity (Wildman–Crippen MR) is 75.4 cm³/mol. The number of imide groups is 1. The van der Waals surface area contributed by atoms with Gasteiger partial charge in [-0.05, 0) is 50.2 Å². The van der Waals surface area contributed by atoms with E-state index in [1.807, 2.05) is 0 Å². The van der Waals surface area contributed by atoms with Crippen molar-refractivity contribution in [3.05, 3.63) is 35.6 Å². The number of rotatable bonds is 2. The lowest BCUT2D eigenvalue weighted by Crippen LogP contribution is -2.45. The second-order valence-corrected chi connectivity index (χ2v) is 5.42. The number of carbonyl (C=O) groups is 2. The van der Waals surface area contributed by atoms with Crippen molar-refractivity contribution in [1.82, 2.24) is 15.1 Å². The SMILES string of the molecule is O=C(c1ccc(F)cc1)N1CCN(C2CCNCC2)C1=O. The van der Waals surface area contributed by atoms with E-state index >= 15 is 0 Å². The molecule has 2 saturated heterocycles. The van der Waals surface area contributed by atoms with Crippen LogP contribution in [-0.2, 0) is 0 Å². The highest BCUT2D eigenvalue weighted by atomic mass is 19.1. The molecule has 0 atom stereocenters. The van der Waals surface area contributed by atoms with E-state index in [2.05, 4.69) is 5.32 Å². The first-order valence-corrected chi connectivity index (χ1v) is 7.25. The van der Waals surface area contributed by atoms with Gasteiger partial charge in [-0.3, -0.25) is 9.69 Å². The topological polar surface area (TPSA) is 52.7 Å². The lowest BCUT2D eigenvalue weighted by Gasteiger charge is -2.31. The van der Waals surface area contributed by atoms with Crippen LogP contribution in [0.25, 0.3) is 0 Å². The molecule has 112 valence electrons. The summed E-state index contributed by atoms with van der Waals surface area (Å²) in [7, 11) is 0. The summed E-state index contributed by atoms with van der Waals surface area (Å²) in [5, 5.41) is 3.26. The van der Waals surface area contributed by atoms with E-state index in [1.165, 1.54) is 29.2 Å². The fourth-order valence-electron chi connectivity index (χ4n) is 2.95. The van der Waals surface area contributed by atoms with Gasteiger partial charge in [-0.1, -0.05) is 0 Å². The lowest BCUT2D eigenvalue weighted by molar-refractivity contribution is 0.0817. The average Bonchev–Trinajstić information content (AvgIpc) is 2.90. The zero-order valence-corrected chi connectivity index (χ0v) is 11.7. The molecule has 0 aliphatic carbocycles. The second-order valence-electron chi connectivity index (χ2n) is 5.42. The maximum Gasteiger partial charge on any atom is 0.327 e. The molecule has 3 rings (SSSR count).